The third-order valence-electron chi connectivity index (χ3n) is 4.11. The minimum Gasteiger partial charge on any atom is -0.325 e. The molecule has 0 unspecified atom stereocenters. The highest BCUT2D eigenvalue weighted by molar-refractivity contribution is 5.97. The lowest BCUT2D eigenvalue weighted by Gasteiger charge is -2.11. The Balaban J connectivity index is 1.88. The van der Waals surface area contributed by atoms with E-state index in [1.54, 1.807) is 24.3 Å². The minimum atomic E-state index is -0.790. The first kappa shape index (κ1) is 17.4. The summed E-state index contributed by atoms with van der Waals surface area (Å²) in [7, 11) is 0. The molecule has 0 spiro atoms. The van der Waals surface area contributed by atoms with Crippen LogP contribution in [0.1, 0.15) is 41.7 Å². The first-order valence-electron chi connectivity index (χ1n) is 8.07. The molecule has 0 aliphatic heterocycles. The van der Waals surface area contributed by atoms with E-state index in [1.807, 2.05) is 0 Å². The van der Waals surface area contributed by atoms with Crippen molar-refractivity contribution >= 4 is 17.4 Å². The van der Waals surface area contributed by atoms with Crippen LogP contribution in [0.5, 0.6) is 0 Å². The molecule has 1 aliphatic rings. The third-order valence-corrected chi connectivity index (χ3v) is 4.11. The van der Waals surface area contributed by atoms with Gasteiger partial charge in [0.1, 0.15) is 18.2 Å². The molecule has 1 saturated carbocycles. The van der Waals surface area contributed by atoms with Gasteiger partial charge in [0.25, 0.3) is 5.56 Å². The summed E-state index contributed by atoms with van der Waals surface area (Å²) in [6, 6.07) is 8.08. The minimum absolute atomic E-state index is 0.0308. The smallest absolute Gasteiger partial charge is 0.325 e. The van der Waals surface area contributed by atoms with Crippen LogP contribution in [0.25, 0.3) is 0 Å². The highest BCUT2D eigenvalue weighted by atomic mass is 16.2. The third kappa shape index (κ3) is 3.47. The summed E-state index contributed by atoms with van der Waals surface area (Å²) in [4.78, 5) is 48.4. The Morgan fingerprint density at radius 3 is 2.65 bits per heavy atom. The van der Waals surface area contributed by atoms with Crippen molar-refractivity contribution in [3.63, 3.8) is 0 Å². The first-order valence-corrected chi connectivity index (χ1v) is 8.07. The molecular formula is C18H16N4O4. The Morgan fingerprint density at radius 2 is 2.04 bits per heavy atom. The second kappa shape index (κ2) is 6.80. The Hall–Kier alpha value is -3.47. The molecule has 1 aromatic carbocycles. The lowest BCUT2D eigenvalue weighted by atomic mass is 10.1. The van der Waals surface area contributed by atoms with Crippen molar-refractivity contribution in [1.82, 2.24) is 9.13 Å². The molecule has 1 fully saturated rings. The van der Waals surface area contributed by atoms with E-state index in [2.05, 4.69) is 5.32 Å². The van der Waals surface area contributed by atoms with Gasteiger partial charge < -0.3 is 5.32 Å². The Kier molecular flexibility index (Phi) is 4.54. The predicted molar refractivity (Wildman–Crippen MR) is 93.0 cm³/mol. The summed E-state index contributed by atoms with van der Waals surface area (Å²) in [5, 5.41) is 11.7. The lowest BCUT2D eigenvalue weighted by Crippen LogP contribution is -2.43. The maximum absolute atomic E-state index is 12.5. The van der Waals surface area contributed by atoms with Crippen molar-refractivity contribution in [3.8, 4) is 6.07 Å². The monoisotopic (exact) mass is 352 g/mol. The predicted octanol–water partition coefficient (Wildman–Crippen LogP) is 1.06. The summed E-state index contributed by atoms with van der Waals surface area (Å²) in [5.41, 5.74) is -0.758. The number of nitrogens with zero attached hydrogens (tertiary/aromatic N) is 3. The van der Waals surface area contributed by atoms with Crippen molar-refractivity contribution in [1.29, 1.82) is 5.26 Å². The second-order valence-corrected chi connectivity index (χ2v) is 6.15. The molecule has 1 amide bonds. The van der Waals surface area contributed by atoms with Gasteiger partial charge in [0, 0.05) is 23.5 Å². The van der Waals surface area contributed by atoms with Crippen LogP contribution < -0.4 is 16.6 Å². The number of Topliss-reactive ketones (excluding diaryl/α,β-unsaturated/α-hetero) is 1. The van der Waals surface area contributed by atoms with E-state index >= 15 is 0 Å². The highest BCUT2D eigenvalue weighted by Gasteiger charge is 2.27. The van der Waals surface area contributed by atoms with Gasteiger partial charge in [-0.05, 0) is 31.9 Å². The van der Waals surface area contributed by atoms with E-state index in [0.29, 0.717) is 11.3 Å². The zero-order chi connectivity index (χ0) is 18.8. The number of benzene rings is 1. The van der Waals surface area contributed by atoms with E-state index in [0.717, 1.165) is 17.4 Å². The van der Waals surface area contributed by atoms with Gasteiger partial charge in [-0.1, -0.05) is 12.1 Å². The summed E-state index contributed by atoms with van der Waals surface area (Å²) in [6.45, 7) is 0.901. The van der Waals surface area contributed by atoms with Crippen LogP contribution in [0.4, 0.5) is 5.69 Å². The van der Waals surface area contributed by atoms with Gasteiger partial charge in [-0.2, -0.15) is 5.26 Å². The van der Waals surface area contributed by atoms with Crippen molar-refractivity contribution in [2.45, 2.75) is 32.4 Å². The molecule has 3 rings (SSSR count). The topological polar surface area (TPSA) is 114 Å². The van der Waals surface area contributed by atoms with Crippen molar-refractivity contribution in [3.05, 3.63) is 62.4 Å². The number of hydrogen-bond acceptors (Lipinski definition) is 5. The fraction of sp³-hybridized carbons (Fsp3) is 0.278. The van der Waals surface area contributed by atoms with Gasteiger partial charge in [0.15, 0.2) is 5.78 Å². The van der Waals surface area contributed by atoms with Gasteiger partial charge in [0.05, 0.1) is 0 Å². The van der Waals surface area contributed by atoms with Crippen molar-refractivity contribution in [2.75, 3.05) is 5.32 Å². The van der Waals surface area contributed by atoms with Crippen LogP contribution in [-0.2, 0) is 11.3 Å². The van der Waals surface area contributed by atoms with Gasteiger partial charge in [-0.25, -0.2) is 9.36 Å². The Morgan fingerprint density at radius 1 is 1.31 bits per heavy atom. The normalized spacial score (nSPS) is 13.1. The molecule has 8 nitrogen and oxygen atoms in total. The average molecular weight is 352 g/mol. The van der Waals surface area contributed by atoms with E-state index in [-0.39, 0.29) is 17.4 Å². The molecule has 0 bridgehead atoms. The number of rotatable bonds is 5. The number of amides is 1. The zero-order valence-electron chi connectivity index (χ0n) is 14.1. The molecule has 132 valence electrons. The van der Waals surface area contributed by atoms with E-state index < -0.39 is 23.7 Å². The fourth-order valence-electron chi connectivity index (χ4n) is 2.61. The maximum atomic E-state index is 12.5. The number of anilines is 1. The first-order chi connectivity index (χ1) is 12.4. The molecule has 8 heteroatoms. The molecule has 0 saturated heterocycles. The lowest BCUT2D eigenvalue weighted by molar-refractivity contribution is -0.116. The molecule has 0 radical (unpaired) electrons. The Labute approximate surface area is 148 Å². The summed E-state index contributed by atoms with van der Waals surface area (Å²) in [6.07, 6.45) is 2.85. The molecule has 0 atom stereocenters. The number of carbonyl (C=O) groups is 2. The standard InChI is InChI=1S/C18H16N4O4/c1-11(23)12-3-2-4-14(7-12)20-16(24)10-22-17(25)13(8-19)9-21(18(22)26)15-5-6-15/h2-4,7,9,15H,5-6,10H2,1H3,(H,20,24). The van der Waals surface area contributed by atoms with Crippen molar-refractivity contribution < 1.29 is 9.59 Å². The van der Waals surface area contributed by atoms with Gasteiger partial charge in [0.2, 0.25) is 5.91 Å². The number of hydrogen-bond donors (Lipinski definition) is 1. The largest absolute Gasteiger partial charge is 0.331 e. The van der Waals surface area contributed by atoms with Crippen LogP contribution in [-0.4, -0.2) is 20.8 Å². The molecular weight excluding hydrogens is 336 g/mol. The number of ketones is 1. The van der Waals surface area contributed by atoms with Crippen LogP contribution in [0.15, 0.2) is 40.1 Å². The van der Waals surface area contributed by atoms with Crippen LogP contribution in [0.2, 0.25) is 0 Å². The SMILES string of the molecule is CC(=O)c1cccc(NC(=O)Cn2c(=O)c(C#N)cn(C3CC3)c2=O)c1. The quantitative estimate of drug-likeness (QED) is 0.808. The van der Waals surface area contributed by atoms with Gasteiger partial charge in [-0.15, -0.1) is 0 Å². The molecule has 26 heavy (non-hydrogen) atoms. The van der Waals surface area contributed by atoms with E-state index in [4.69, 9.17) is 5.26 Å². The van der Waals surface area contributed by atoms with Crippen LogP contribution >= 0.6 is 0 Å². The maximum Gasteiger partial charge on any atom is 0.331 e. The van der Waals surface area contributed by atoms with E-state index in [9.17, 15) is 19.2 Å². The van der Waals surface area contributed by atoms with E-state index in [1.165, 1.54) is 23.8 Å². The summed E-state index contributed by atoms with van der Waals surface area (Å²) in [5.74, 6) is -0.742. The van der Waals surface area contributed by atoms with Gasteiger partial charge >= 0.3 is 5.69 Å². The molecule has 1 aromatic heterocycles. The number of nitrogens with one attached hydrogen (secondary N) is 1. The second-order valence-electron chi connectivity index (χ2n) is 6.15. The molecule has 1 heterocycles. The Bertz CT molecular complexity index is 1050. The fourth-order valence-corrected chi connectivity index (χ4v) is 2.61. The summed E-state index contributed by atoms with van der Waals surface area (Å²) < 4.78 is 2.10. The zero-order valence-corrected chi connectivity index (χ0v) is 14.1. The number of aromatic nitrogens is 2. The number of nitriles is 1. The molecule has 2 aromatic rings. The summed E-state index contributed by atoms with van der Waals surface area (Å²) >= 11 is 0. The van der Waals surface area contributed by atoms with Crippen LogP contribution in [0, 0.1) is 11.3 Å². The highest BCUT2D eigenvalue weighted by Crippen LogP contribution is 2.33. The van der Waals surface area contributed by atoms with Crippen molar-refractivity contribution in [2.24, 2.45) is 0 Å². The number of carbonyl (C=O) groups excluding carboxylic acids is 2. The molecule has 1 N–H and O–H groups in total. The molecule has 1 aliphatic carbocycles. The van der Waals surface area contributed by atoms with Crippen LogP contribution in [0.3, 0.4) is 0 Å². The average Bonchev–Trinajstić information content (AvgIpc) is 3.44. The van der Waals surface area contributed by atoms with Gasteiger partial charge in [-0.3, -0.25) is 19.0 Å².